The number of fused-ring (bicyclic) bond motifs is 2. The van der Waals surface area contributed by atoms with Crippen molar-refractivity contribution in [2.45, 2.75) is 37.2 Å². The van der Waals surface area contributed by atoms with E-state index in [0.29, 0.717) is 30.3 Å². The molecule has 2 amide bonds. The lowest BCUT2D eigenvalue weighted by Gasteiger charge is -2.41. The molecule has 186 valence electrons. The average Bonchev–Trinajstić information content (AvgIpc) is 3.20. The maximum absolute atomic E-state index is 13.9. The van der Waals surface area contributed by atoms with Crippen LogP contribution in [0.25, 0.3) is 0 Å². The molecule has 35 heavy (non-hydrogen) atoms. The first-order chi connectivity index (χ1) is 16.8. The molecular formula is C26H33BClFN4O2. The highest BCUT2D eigenvalue weighted by atomic mass is 35.5. The molecule has 2 aromatic rings. The van der Waals surface area contributed by atoms with Crippen LogP contribution in [0.3, 0.4) is 0 Å². The minimum Gasteiger partial charge on any atom is -0.392 e. The summed E-state index contributed by atoms with van der Waals surface area (Å²) in [4.78, 5) is 16.8. The quantitative estimate of drug-likeness (QED) is 0.567. The van der Waals surface area contributed by atoms with Gasteiger partial charge >= 0.3 is 6.03 Å². The van der Waals surface area contributed by atoms with E-state index in [-0.39, 0.29) is 23.2 Å². The number of amides is 2. The molecule has 1 spiro atoms. The van der Waals surface area contributed by atoms with Crippen LogP contribution in [0, 0.1) is 11.7 Å². The molecule has 1 atom stereocenters. The third-order valence-corrected chi connectivity index (χ3v) is 8.63. The molecule has 3 N–H and O–H groups in total. The lowest BCUT2D eigenvalue weighted by atomic mass is 9.74. The molecule has 3 aliphatic heterocycles. The molecule has 0 aromatic heterocycles. The van der Waals surface area contributed by atoms with Crippen molar-refractivity contribution >= 4 is 42.3 Å². The number of likely N-dealkylation sites (tertiary alicyclic amines) is 2. The van der Waals surface area contributed by atoms with E-state index >= 15 is 0 Å². The Kier molecular flexibility index (Phi) is 6.97. The number of aliphatic hydroxyl groups excluding tert-OH is 1. The summed E-state index contributed by atoms with van der Waals surface area (Å²) in [7, 11) is 1.93. The second kappa shape index (κ2) is 9.99. The predicted molar refractivity (Wildman–Crippen MR) is 141 cm³/mol. The molecule has 2 aromatic carbocycles. The number of carbonyl (C=O) groups excluding carboxylic acids is 1. The number of urea groups is 1. The van der Waals surface area contributed by atoms with Gasteiger partial charge in [-0.25, -0.2) is 9.18 Å². The first kappa shape index (κ1) is 24.4. The molecule has 3 aliphatic rings. The fourth-order valence-electron chi connectivity index (χ4n) is 5.85. The average molecular weight is 499 g/mol. The highest BCUT2D eigenvalue weighted by molar-refractivity contribution is 6.45. The monoisotopic (exact) mass is 498 g/mol. The second-order valence-corrected chi connectivity index (χ2v) is 10.8. The van der Waals surface area contributed by atoms with Crippen molar-refractivity contribution < 1.29 is 14.3 Å². The molecule has 5 rings (SSSR count). The summed E-state index contributed by atoms with van der Waals surface area (Å²) in [6.45, 7) is 4.56. The van der Waals surface area contributed by atoms with E-state index in [2.05, 4.69) is 15.5 Å². The van der Waals surface area contributed by atoms with Crippen LogP contribution in [-0.2, 0) is 5.41 Å². The Labute approximate surface area is 212 Å². The first-order valence-corrected chi connectivity index (χ1v) is 13.0. The smallest absolute Gasteiger partial charge is 0.321 e. The normalized spacial score (nSPS) is 20.9. The highest BCUT2D eigenvalue weighted by Crippen LogP contribution is 2.44. The number of piperidine rings is 2. The number of anilines is 2. The molecule has 0 radical (unpaired) electrons. The standard InChI is InChI=1S/C26H33BClFN4O2/c27-21-3-2-19(14-22(21)28)31-25(35)33-9-5-17(6-10-33)24(34)15-32-11-7-26(8-12-32)16-30-23-4-1-18(29)13-20(23)26/h1-4,13-14,17,24,30,34H,5-12,15-16,27H2,(H,31,35). The van der Waals surface area contributed by atoms with E-state index in [1.807, 2.05) is 30.9 Å². The molecule has 9 heteroatoms. The molecule has 0 saturated carbocycles. The van der Waals surface area contributed by atoms with Crippen molar-refractivity contribution in [3.05, 3.63) is 52.8 Å². The lowest BCUT2D eigenvalue weighted by molar-refractivity contribution is 0.0266. The summed E-state index contributed by atoms with van der Waals surface area (Å²) in [5.41, 5.74) is 3.83. The van der Waals surface area contributed by atoms with Crippen molar-refractivity contribution in [2.75, 3.05) is 49.9 Å². The summed E-state index contributed by atoms with van der Waals surface area (Å²) in [5, 5.41) is 18.0. The molecule has 2 saturated heterocycles. The molecule has 6 nitrogen and oxygen atoms in total. The number of nitrogens with one attached hydrogen (secondary N) is 2. The van der Waals surface area contributed by atoms with Gasteiger partial charge in [0.05, 0.1) is 6.10 Å². The third-order valence-electron chi connectivity index (χ3n) is 8.22. The predicted octanol–water partition coefficient (Wildman–Crippen LogP) is 2.80. The van der Waals surface area contributed by atoms with Crippen LogP contribution in [0.5, 0.6) is 0 Å². The summed E-state index contributed by atoms with van der Waals surface area (Å²) in [6.07, 6.45) is 3.10. The van der Waals surface area contributed by atoms with Crippen LogP contribution in [0.4, 0.5) is 20.6 Å². The molecule has 0 bridgehead atoms. The summed E-state index contributed by atoms with van der Waals surface area (Å²) in [6, 6.07) is 10.4. The van der Waals surface area contributed by atoms with Gasteiger partial charge in [0.2, 0.25) is 0 Å². The van der Waals surface area contributed by atoms with Gasteiger partial charge in [0.15, 0.2) is 0 Å². The number of β-amino-alcohol motifs (C(OH)–C–C–N with tert-alkyl or cyclic N) is 1. The van der Waals surface area contributed by atoms with Gasteiger partial charge in [0, 0.05) is 48.0 Å². The van der Waals surface area contributed by atoms with Crippen molar-refractivity contribution in [1.29, 1.82) is 0 Å². The SMILES string of the molecule is Bc1ccc(NC(=O)N2CCC(C(O)CN3CCC4(CC3)CNc3ccc(F)cc34)CC2)cc1Cl. The Morgan fingerprint density at radius 1 is 1.20 bits per heavy atom. The van der Waals surface area contributed by atoms with Crippen LogP contribution >= 0.6 is 11.6 Å². The third kappa shape index (κ3) is 5.15. The molecule has 0 aliphatic carbocycles. The number of hydrogen-bond donors (Lipinski definition) is 3. The summed E-state index contributed by atoms with van der Waals surface area (Å²) in [5.74, 6) is 0.0130. The summed E-state index contributed by atoms with van der Waals surface area (Å²) < 4.78 is 13.9. The second-order valence-electron chi connectivity index (χ2n) is 10.4. The van der Waals surface area contributed by atoms with Gasteiger partial charge in [-0.15, -0.1) is 0 Å². The van der Waals surface area contributed by atoms with Gasteiger partial charge < -0.3 is 25.5 Å². The van der Waals surface area contributed by atoms with Crippen molar-refractivity contribution in [1.82, 2.24) is 9.80 Å². The maximum atomic E-state index is 13.9. The largest absolute Gasteiger partial charge is 0.392 e. The van der Waals surface area contributed by atoms with E-state index < -0.39 is 6.10 Å². The van der Waals surface area contributed by atoms with E-state index in [1.165, 1.54) is 6.07 Å². The van der Waals surface area contributed by atoms with Crippen molar-refractivity contribution in [2.24, 2.45) is 5.92 Å². The van der Waals surface area contributed by atoms with E-state index in [0.717, 1.165) is 62.0 Å². The Balaban J connectivity index is 1.08. The first-order valence-electron chi connectivity index (χ1n) is 12.6. The Morgan fingerprint density at radius 2 is 1.94 bits per heavy atom. The fraction of sp³-hybridized carbons (Fsp3) is 0.500. The van der Waals surface area contributed by atoms with E-state index in [1.54, 1.807) is 12.1 Å². The number of benzene rings is 2. The Morgan fingerprint density at radius 3 is 2.66 bits per heavy atom. The minimum absolute atomic E-state index is 0.000729. The number of halogens is 2. The van der Waals surface area contributed by atoms with Gasteiger partial charge in [-0.2, -0.15) is 0 Å². The van der Waals surface area contributed by atoms with Crippen LogP contribution in [0.1, 0.15) is 31.2 Å². The molecule has 2 fully saturated rings. The topological polar surface area (TPSA) is 67.8 Å². The van der Waals surface area contributed by atoms with Crippen LogP contribution in [-0.4, -0.2) is 74.2 Å². The Bertz CT molecular complexity index is 1090. The zero-order valence-corrected chi connectivity index (χ0v) is 21.0. The van der Waals surface area contributed by atoms with Gasteiger partial charge in [0.1, 0.15) is 13.7 Å². The van der Waals surface area contributed by atoms with Crippen LogP contribution in [0.2, 0.25) is 5.02 Å². The molecular weight excluding hydrogens is 466 g/mol. The molecule has 3 heterocycles. The number of aliphatic hydroxyl groups is 1. The van der Waals surface area contributed by atoms with Gasteiger partial charge in [-0.1, -0.05) is 23.1 Å². The van der Waals surface area contributed by atoms with Crippen LogP contribution < -0.4 is 16.1 Å². The number of nitrogens with zero attached hydrogens (tertiary/aromatic N) is 2. The van der Waals surface area contributed by atoms with Crippen molar-refractivity contribution in [3.8, 4) is 0 Å². The number of carbonyl (C=O) groups is 1. The summed E-state index contributed by atoms with van der Waals surface area (Å²) >= 11 is 6.17. The number of hydrogen-bond acceptors (Lipinski definition) is 4. The fourth-order valence-corrected chi connectivity index (χ4v) is 6.03. The Hall–Kier alpha value is -2.29. The van der Waals surface area contributed by atoms with E-state index in [9.17, 15) is 14.3 Å². The highest BCUT2D eigenvalue weighted by Gasteiger charge is 2.42. The van der Waals surface area contributed by atoms with Gasteiger partial charge in [-0.3, -0.25) is 0 Å². The lowest BCUT2D eigenvalue weighted by Crippen LogP contribution is -2.49. The van der Waals surface area contributed by atoms with Gasteiger partial charge in [0.25, 0.3) is 0 Å². The zero-order valence-electron chi connectivity index (χ0n) is 20.2. The number of rotatable bonds is 4. The zero-order chi connectivity index (χ0) is 24.6. The van der Waals surface area contributed by atoms with E-state index in [4.69, 9.17) is 11.6 Å². The van der Waals surface area contributed by atoms with Gasteiger partial charge in [-0.05, 0) is 80.6 Å². The minimum atomic E-state index is -0.406. The molecule has 1 unspecified atom stereocenters. The van der Waals surface area contributed by atoms with Crippen LogP contribution in [0.15, 0.2) is 36.4 Å². The van der Waals surface area contributed by atoms with Crippen molar-refractivity contribution in [3.63, 3.8) is 0 Å². The maximum Gasteiger partial charge on any atom is 0.321 e.